The van der Waals surface area contributed by atoms with Crippen LogP contribution in [0.4, 0.5) is 11.4 Å². The van der Waals surface area contributed by atoms with Crippen LogP contribution in [0.5, 0.6) is 11.5 Å². The predicted octanol–water partition coefficient (Wildman–Crippen LogP) is 3.92. The second-order valence-corrected chi connectivity index (χ2v) is 6.44. The molecule has 1 saturated heterocycles. The van der Waals surface area contributed by atoms with E-state index in [0.29, 0.717) is 17.7 Å². The molecule has 6 nitrogen and oxygen atoms in total. The molecule has 23 heavy (non-hydrogen) atoms. The number of nitro benzene ring substituents is 1. The minimum Gasteiger partial charge on any atom is -0.457 e. The van der Waals surface area contributed by atoms with Crippen LogP contribution in [-0.2, 0) is 0 Å². The third-order valence-corrected chi connectivity index (χ3v) is 5.00. The van der Waals surface area contributed by atoms with E-state index < -0.39 is 4.92 Å². The van der Waals surface area contributed by atoms with Crippen molar-refractivity contribution < 1.29 is 9.66 Å². The molecule has 2 aromatic rings. The highest BCUT2D eigenvalue weighted by molar-refractivity contribution is 7.97. The van der Waals surface area contributed by atoms with Crippen molar-refractivity contribution in [2.45, 2.75) is 23.9 Å². The van der Waals surface area contributed by atoms with Crippen LogP contribution >= 0.6 is 11.9 Å². The van der Waals surface area contributed by atoms with Gasteiger partial charge >= 0.3 is 0 Å². The standard InChI is InChI=1S/C16H15N3O3S/c20-19(21)11-3-1-4-12(9-11)22-13-6-7-14-15(10-13)23-17-16-5-2-8-18(14)16/h1,3-4,6-7,9-10,16-17H,2,5,8H2. The molecule has 0 saturated carbocycles. The first-order valence-corrected chi connectivity index (χ1v) is 8.28. The van der Waals surface area contributed by atoms with Crippen LogP contribution in [0.25, 0.3) is 0 Å². The van der Waals surface area contributed by atoms with Gasteiger partial charge in [-0.3, -0.25) is 10.1 Å². The van der Waals surface area contributed by atoms with E-state index in [0.717, 1.165) is 11.4 Å². The van der Waals surface area contributed by atoms with E-state index in [4.69, 9.17) is 4.74 Å². The lowest BCUT2D eigenvalue weighted by Gasteiger charge is -2.33. The zero-order chi connectivity index (χ0) is 15.8. The quantitative estimate of drug-likeness (QED) is 0.523. The van der Waals surface area contributed by atoms with Crippen LogP contribution in [-0.4, -0.2) is 17.6 Å². The topological polar surface area (TPSA) is 67.6 Å². The van der Waals surface area contributed by atoms with Crippen LogP contribution < -0.4 is 14.4 Å². The van der Waals surface area contributed by atoms with Gasteiger partial charge in [0.05, 0.1) is 22.8 Å². The van der Waals surface area contributed by atoms with Crippen LogP contribution in [0.2, 0.25) is 0 Å². The number of nitrogens with one attached hydrogen (secondary N) is 1. The normalized spacial score (nSPS) is 19.1. The van der Waals surface area contributed by atoms with Gasteiger partial charge in [-0.1, -0.05) is 6.07 Å². The summed E-state index contributed by atoms with van der Waals surface area (Å²) in [4.78, 5) is 13.9. The summed E-state index contributed by atoms with van der Waals surface area (Å²) in [6.45, 7) is 1.07. The van der Waals surface area contributed by atoms with E-state index in [2.05, 4.69) is 15.7 Å². The Morgan fingerprint density at radius 2 is 2.13 bits per heavy atom. The molecule has 2 heterocycles. The largest absolute Gasteiger partial charge is 0.457 e. The Morgan fingerprint density at radius 1 is 1.26 bits per heavy atom. The summed E-state index contributed by atoms with van der Waals surface area (Å²) >= 11 is 1.62. The van der Waals surface area contributed by atoms with Crippen molar-refractivity contribution in [1.29, 1.82) is 0 Å². The second kappa shape index (κ2) is 5.75. The summed E-state index contributed by atoms with van der Waals surface area (Å²) in [5.74, 6) is 1.14. The molecule has 0 bridgehead atoms. The van der Waals surface area contributed by atoms with Crippen LogP contribution in [0.15, 0.2) is 47.4 Å². The van der Waals surface area contributed by atoms with E-state index in [1.165, 1.54) is 30.7 Å². The first kappa shape index (κ1) is 14.3. The molecule has 0 radical (unpaired) electrons. The first-order valence-electron chi connectivity index (χ1n) is 7.46. The fourth-order valence-electron chi connectivity index (χ4n) is 2.98. The Hall–Kier alpha value is -2.25. The van der Waals surface area contributed by atoms with E-state index in [9.17, 15) is 10.1 Å². The van der Waals surface area contributed by atoms with Gasteiger partial charge in [-0.25, -0.2) is 4.72 Å². The average molecular weight is 329 g/mol. The molecule has 0 amide bonds. The molecule has 2 aromatic carbocycles. The highest BCUT2D eigenvalue weighted by atomic mass is 32.2. The Labute approximate surface area is 137 Å². The van der Waals surface area contributed by atoms with Crippen molar-refractivity contribution in [3.63, 3.8) is 0 Å². The van der Waals surface area contributed by atoms with Gasteiger partial charge in [0.25, 0.3) is 5.69 Å². The van der Waals surface area contributed by atoms with Gasteiger partial charge < -0.3 is 9.64 Å². The van der Waals surface area contributed by atoms with Gasteiger partial charge in [0.1, 0.15) is 11.5 Å². The molecule has 1 unspecified atom stereocenters. The number of nitro groups is 1. The van der Waals surface area contributed by atoms with Gasteiger partial charge in [0, 0.05) is 17.5 Å². The molecule has 0 aromatic heterocycles. The van der Waals surface area contributed by atoms with E-state index in [-0.39, 0.29) is 5.69 Å². The number of hydrogen-bond donors (Lipinski definition) is 1. The Bertz CT molecular complexity index is 768. The molecule has 1 N–H and O–H groups in total. The van der Waals surface area contributed by atoms with Crippen molar-refractivity contribution >= 4 is 23.3 Å². The lowest BCUT2D eigenvalue weighted by molar-refractivity contribution is -0.384. The zero-order valence-corrected chi connectivity index (χ0v) is 13.1. The van der Waals surface area contributed by atoms with E-state index in [1.807, 2.05) is 12.1 Å². The third-order valence-electron chi connectivity index (χ3n) is 4.06. The minimum absolute atomic E-state index is 0.0245. The summed E-state index contributed by atoms with van der Waals surface area (Å²) in [5.41, 5.74) is 1.25. The molecule has 4 rings (SSSR count). The summed E-state index contributed by atoms with van der Waals surface area (Å²) in [5, 5.41) is 10.8. The van der Waals surface area contributed by atoms with Crippen molar-refractivity contribution in [2.24, 2.45) is 0 Å². The fourth-order valence-corrected chi connectivity index (χ4v) is 3.96. The van der Waals surface area contributed by atoms with Gasteiger partial charge in [-0.15, -0.1) is 0 Å². The predicted molar refractivity (Wildman–Crippen MR) is 89.0 cm³/mol. The molecule has 2 aliphatic rings. The van der Waals surface area contributed by atoms with Crippen molar-refractivity contribution in [1.82, 2.24) is 4.72 Å². The number of benzene rings is 2. The Morgan fingerprint density at radius 3 is 3.00 bits per heavy atom. The van der Waals surface area contributed by atoms with Crippen molar-refractivity contribution in [3.05, 3.63) is 52.6 Å². The molecule has 1 fully saturated rings. The second-order valence-electron chi connectivity index (χ2n) is 5.56. The SMILES string of the molecule is O=[N+]([O-])c1cccc(Oc2ccc3c(c2)SNC2CCCN32)c1. The van der Waals surface area contributed by atoms with Crippen LogP contribution in [0.1, 0.15) is 12.8 Å². The number of non-ortho nitro benzene ring substituents is 1. The third kappa shape index (κ3) is 2.73. The highest BCUT2D eigenvalue weighted by Gasteiger charge is 2.30. The molecule has 7 heteroatoms. The van der Waals surface area contributed by atoms with Gasteiger partial charge in [-0.05, 0) is 49.1 Å². The van der Waals surface area contributed by atoms with Gasteiger partial charge in [0.15, 0.2) is 0 Å². The number of nitrogens with zero attached hydrogens (tertiary/aromatic N) is 2. The molecule has 0 aliphatic carbocycles. The zero-order valence-electron chi connectivity index (χ0n) is 12.3. The molecule has 1 atom stereocenters. The molecular formula is C16H15N3O3S. The summed E-state index contributed by atoms with van der Waals surface area (Å²) in [7, 11) is 0. The summed E-state index contributed by atoms with van der Waals surface area (Å²) < 4.78 is 9.23. The molecule has 0 spiro atoms. The maximum absolute atomic E-state index is 10.8. The van der Waals surface area contributed by atoms with Crippen molar-refractivity contribution in [2.75, 3.05) is 11.4 Å². The molecule has 2 aliphatic heterocycles. The lowest BCUT2D eigenvalue weighted by atomic mass is 10.2. The van der Waals surface area contributed by atoms with Crippen LogP contribution in [0.3, 0.4) is 0 Å². The fraction of sp³-hybridized carbons (Fsp3) is 0.250. The maximum Gasteiger partial charge on any atom is 0.273 e. The van der Waals surface area contributed by atoms with Gasteiger partial charge in [0.2, 0.25) is 0 Å². The number of fused-ring (bicyclic) bond motifs is 3. The maximum atomic E-state index is 10.8. The van der Waals surface area contributed by atoms with Crippen LogP contribution in [0, 0.1) is 10.1 Å². The Balaban J connectivity index is 1.59. The number of ether oxygens (including phenoxy) is 1. The number of anilines is 1. The lowest BCUT2D eigenvalue weighted by Crippen LogP contribution is -2.41. The average Bonchev–Trinajstić information content (AvgIpc) is 3.04. The van der Waals surface area contributed by atoms with Gasteiger partial charge in [-0.2, -0.15) is 0 Å². The van der Waals surface area contributed by atoms with E-state index in [1.54, 1.807) is 24.1 Å². The highest BCUT2D eigenvalue weighted by Crippen LogP contribution is 2.40. The summed E-state index contributed by atoms with van der Waals surface area (Å²) in [6.07, 6.45) is 2.78. The summed E-state index contributed by atoms with van der Waals surface area (Å²) in [6, 6.07) is 12.2. The molecule has 118 valence electrons. The smallest absolute Gasteiger partial charge is 0.273 e. The molecular weight excluding hydrogens is 314 g/mol. The first-order chi connectivity index (χ1) is 11.2. The van der Waals surface area contributed by atoms with Crippen molar-refractivity contribution in [3.8, 4) is 11.5 Å². The minimum atomic E-state index is -0.424. The van der Waals surface area contributed by atoms with E-state index >= 15 is 0 Å². The Kier molecular flexibility index (Phi) is 3.59. The monoisotopic (exact) mass is 329 g/mol. The number of rotatable bonds is 3. The number of hydrogen-bond acceptors (Lipinski definition) is 6.